The molecule has 2 fully saturated rings. The Morgan fingerprint density at radius 1 is 1.43 bits per heavy atom. The van der Waals surface area contributed by atoms with Crippen LogP contribution in [0.1, 0.15) is 31.2 Å². The van der Waals surface area contributed by atoms with Crippen LogP contribution in [-0.4, -0.2) is 55.8 Å². The number of aromatic nitrogens is 3. The number of phosphoric acid groups is 1. The van der Waals surface area contributed by atoms with Crippen LogP contribution >= 0.6 is 19.4 Å². The Morgan fingerprint density at radius 3 is 3.00 bits per heavy atom. The van der Waals surface area contributed by atoms with E-state index in [1.807, 2.05) is 0 Å². The summed E-state index contributed by atoms with van der Waals surface area (Å²) in [4.78, 5) is 18.7. The Balaban J connectivity index is 1.33. The zero-order chi connectivity index (χ0) is 25.0. The lowest BCUT2D eigenvalue weighted by molar-refractivity contribution is -0.0950. The number of hydrogen-bond acceptors (Lipinski definition) is 10. The summed E-state index contributed by atoms with van der Waals surface area (Å²) in [7, 11) is -4.00. The summed E-state index contributed by atoms with van der Waals surface area (Å²) in [5, 5.41) is 22.6. The van der Waals surface area contributed by atoms with Gasteiger partial charge in [0.25, 0.3) is 5.56 Å². The van der Waals surface area contributed by atoms with E-state index in [-0.39, 0.29) is 23.6 Å². The lowest BCUT2D eigenvalue weighted by Crippen LogP contribution is -2.44. The predicted octanol–water partition coefficient (Wildman–Crippen LogP) is 2.27. The standard InChI is InChI=1S/C21H24ClN4O8P/c1-21(29)16(27)15(33-19(21)26-7-5-13-17(26)24-20(23)25-18(13)28)10-32-35(30)31-8-6-14(34-35)11-3-2-4-12(22)9-11/h2-5,7,9,14-16,19,27,29H,6,8,10H2,1H3,(H3,23,24,25,28)/t14-,15+,16+,19+,21+,35?/m0/s1. The van der Waals surface area contributed by atoms with Crippen LogP contribution in [0.2, 0.25) is 5.02 Å². The molecule has 35 heavy (non-hydrogen) atoms. The molecule has 6 atom stereocenters. The number of halogens is 1. The number of aliphatic hydroxyl groups excluding tert-OH is 1. The molecule has 5 rings (SSSR count). The number of nitrogens with one attached hydrogen (secondary N) is 1. The van der Waals surface area contributed by atoms with Gasteiger partial charge in [-0.3, -0.25) is 23.3 Å². The van der Waals surface area contributed by atoms with E-state index in [2.05, 4.69) is 9.97 Å². The summed E-state index contributed by atoms with van der Waals surface area (Å²) in [6.45, 7) is 1.10. The van der Waals surface area contributed by atoms with Crippen LogP contribution in [0.25, 0.3) is 11.0 Å². The van der Waals surface area contributed by atoms with Crippen molar-refractivity contribution >= 4 is 36.4 Å². The van der Waals surface area contributed by atoms with Crippen molar-refractivity contribution in [2.75, 3.05) is 18.9 Å². The maximum atomic E-state index is 13.1. The second kappa shape index (κ2) is 8.99. The molecule has 2 saturated heterocycles. The van der Waals surface area contributed by atoms with Crippen molar-refractivity contribution < 1.29 is 33.1 Å². The summed E-state index contributed by atoms with van der Waals surface area (Å²) in [5.74, 6) is -0.112. The Bertz CT molecular complexity index is 1360. The van der Waals surface area contributed by atoms with E-state index < -0.39 is 50.1 Å². The molecule has 2 aromatic heterocycles. The highest BCUT2D eigenvalue weighted by Crippen LogP contribution is 2.57. The first-order valence-electron chi connectivity index (χ1n) is 10.8. The van der Waals surface area contributed by atoms with Crippen LogP contribution in [0.5, 0.6) is 0 Å². The molecule has 12 nitrogen and oxygen atoms in total. The molecule has 188 valence electrons. The molecule has 4 heterocycles. The van der Waals surface area contributed by atoms with E-state index in [9.17, 15) is 19.6 Å². The number of nitrogens with two attached hydrogens (primary N) is 1. The second-order valence-electron chi connectivity index (χ2n) is 8.62. The maximum absolute atomic E-state index is 13.1. The van der Waals surface area contributed by atoms with Crippen LogP contribution in [0, 0.1) is 0 Å². The molecule has 3 aromatic rings. The van der Waals surface area contributed by atoms with E-state index in [1.165, 1.54) is 23.8 Å². The van der Waals surface area contributed by atoms with E-state index in [0.29, 0.717) is 11.4 Å². The first-order chi connectivity index (χ1) is 16.6. The number of hydrogen-bond donors (Lipinski definition) is 4. The highest BCUT2D eigenvalue weighted by atomic mass is 35.5. The molecule has 5 N–H and O–H groups in total. The van der Waals surface area contributed by atoms with Gasteiger partial charge in [-0.15, -0.1) is 0 Å². The maximum Gasteiger partial charge on any atom is 0.475 e. The Kier molecular flexibility index (Phi) is 6.27. The zero-order valence-corrected chi connectivity index (χ0v) is 20.2. The summed E-state index contributed by atoms with van der Waals surface area (Å²) in [6.07, 6.45) is -2.30. The lowest BCUT2D eigenvalue weighted by atomic mass is 9.96. The minimum atomic E-state index is -4.00. The number of nitrogen functional groups attached to an aromatic ring is 1. The van der Waals surface area contributed by atoms with Crippen molar-refractivity contribution in [2.24, 2.45) is 0 Å². The minimum absolute atomic E-state index is 0.112. The Morgan fingerprint density at radius 2 is 2.23 bits per heavy atom. The van der Waals surface area contributed by atoms with Gasteiger partial charge in [-0.25, -0.2) is 4.57 Å². The van der Waals surface area contributed by atoms with Gasteiger partial charge < -0.3 is 25.3 Å². The van der Waals surface area contributed by atoms with Crippen LogP contribution in [0.4, 0.5) is 5.95 Å². The van der Waals surface area contributed by atoms with Crippen molar-refractivity contribution in [3.63, 3.8) is 0 Å². The summed E-state index contributed by atoms with van der Waals surface area (Å²) in [5.41, 5.74) is 4.29. The average Bonchev–Trinajstić information content (AvgIpc) is 3.31. The third-order valence-corrected chi connectivity index (χ3v) is 7.82. The van der Waals surface area contributed by atoms with Gasteiger partial charge in [-0.1, -0.05) is 23.7 Å². The number of nitrogens with zero attached hydrogens (tertiary/aromatic N) is 2. The normalized spacial score (nSPS) is 33.4. The minimum Gasteiger partial charge on any atom is -0.387 e. The fourth-order valence-corrected chi connectivity index (χ4v) is 5.90. The molecule has 0 aliphatic carbocycles. The van der Waals surface area contributed by atoms with Crippen LogP contribution < -0.4 is 11.3 Å². The lowest BCUT2D eigenvalue weighted by Gasteiger charge is -2.30. The Hall–Kier alpha value is -2.28. The predicted molar refractivity (Wildman–Crippen MR) is 125 cm³/mol. The van der Waals surface area contributed by atoms with E-state index in [4.69, 9.17) is 35.6 Å². The summed E-state index contributed by atoms with van der Waals surface area (Å²) >= 11 is 6.05. The van der Waals surface area contributed by atoms with Crippen LogP contribution in [-0.2, 0) is 22.9 Å². The molecule has 14 heteroatoms. The first kappa shape index (κ1) is 24.4. The number of anilines is 1. The molecule has 0 spiro atoms. The van der Waals surface area contributed by atoms with E-state index in [0.717, 1.165) is 5.56 Å². The van der Waals surface area contributed by atoms with Gasteiger partial charge in [-0.05, 0) is 30.7 Å². The SMILES string of the molecule is C[C@@]1(O)[C@H](O)[C@@H](COP2(=O)OCC[C@@H](c3cccc(Cl)c3)O2)O[C@H]1n1ccc2c(=O)[nH]c(N)nc21. The average molecular weight is 527 g/mol. The van der Waals surface area contributed by atoms with Gasteiger partial charge in [0.1, 0.15) is 17.8 Å². The Labute approximate surface area is 204 Å². The molecule has 0 amide bonds. The third-order valence-electron chi connectivity index (χ3n) is 6.11. The van der Waals surface area contributed by atoms with Gasteiger partial charge in [0.2, 0.25) is 5.95 Å². The number of aliphatic hydroxyl groups is 2. The quantitative estimate of drug-likeness (QED) is 0.361. The zero-order valence-electron chi connectivity index (χ0n) is 18.5. The fourth-order valence-electron chi connectivity index (χ4n) is 4.30. The van der Waals surface area contributed by atoms with Crippen molar-refractivity contribution in [3.05, 3.63) is 57.5 Å². The van der Waals surface area contributed by atoms with E-state index >= 15 is 0 Å². The number of H-pyrrole nitrogens is 1. The number of benzene rings is 1. The molecule has 0 radical (unpaired) electrons. The number of rotatable bonds is 5. The smallest absolute Gasteiger partial charge is 0.387 e. The molecule has 2 aliphatic heterocycles. The highest BCUT2D eigenvalue weighted by Gasteiger charge is 2.54. The number of aromatic amines is 1. The molecule has 0 saturated carbocycles. The van der Waals surface area contributed by atoms with Crippen molar-refractivity contribution in [1.29, 1.82) is 0 Å². The van der Waals surface area contributed by atoms with Crippen molar-refractivity contribution in [3.8, 4) is 0 Å². The van der Waals surface area contributed by atoms with Crippen LogP contribution in [0.3, 0.4) is 0 Å². The molecule has 2 aliphatic rings. The molecular weight excluding hydrogens is 503 g/mol. The highest BCUT2D eigenvalue weighted by molar-refractivity contribution is 7.48. The topological polar surface area (TPSA) is 171 Å². The van der Waals surface area contributed by atoms with Gasteiger partial charge in [0, 0.05) is 17.6 Å². The number of phosphoric ester groups is 1. The van der Waals surface area contributed by atoms with Gasteiger partial charge in [-0.2, -0.15) is 4.98 Å². The van der Waals surface area contributed by atoms with Crippen molar-refractivity contribution in [2.45, 2.75) is 43.5 Å². The molecule has 1 aromatic carbocycles. The second-order valence-corrected chi connectivity index (χ2v) is 10.7. The monoisotopic (exact) mass is 526 g/mol. The van der Waals surface area contributed by atoms with E-state index in [1.54, 1.807) is 24.3 Å². The largest absolute Gasteiger partial charge is 0.475 e. The molecule has 0 bridgehead atoms. The molecule has 1 unspecified atom stereocenters. The van der Waals surface area contributed by atoms with Gasteiger partial charge in [0.05, 0.1) is 24.7 Å². The summed E-state index contributed by atoms with van der Waals surface area (Å²) < 4.78 is 36.8. The fraction of sp³-hybridized carbons (Fsp3) is 0.429. The van der Waals surface area contributed by atoms with Crippen LogP contribution in [0.15, 0.2) is 41.3 Å². The number of fused-ring (bicyclic) bond motifs is 1. The van der Waals surface area contributed by atoms with Gasteiger partial charge in [0.15, 0.2) is 11.9 Å². The van der Waals surface area contributed by atoms with Crippen molar-refractivity contribution in [1.82, 2.24) is 14.5 Å². The molecular formula is C21H24ClN4O8P. The third kappa shape index (κ3) is 4.52. The van der Waals surface area contributed by atoms with Gasteiger partial charge >= 0.3 is 7.82 Å². The number of ether oxygens (including phenoxy) is 1. The summed E-state index contributed by atoms with van der Waals surface area (Å²) in [6, 6.07) is 8.48. The first-order valence-corrected chi connectivity index (χ1v) is 12.7.